The van der Waals surface area contributed by atoms with Crippen molar-refractivity contribution in [3.63, 3.8) is 0 Å². The van der Waals surface area contributed by atoms with Crippen LogP contribution < -0.4 is 10.6 Å². The lowest BCUT2D eigenvalue weighted by atomic mass is 9.93. The fourth-order valence-electron chi connectivity index (χ4n) is 1.21. The molecular weight excluding hydrogens is 172 g/mol. The highest BCUT2D eigenvalue weighted by Gasteiger charge is 2.42. The lowest BCUT2D eigenvalue weighted by molar-refractivity contribution is -0.142. The van der Waals surface area contributed by atoms with E-state index < -0.39 is 5.54 Å². The molecule has 0 saturated carbocycles. The fourth-order valence-corrected chi connectivity index (χ4v) is 1.21. The van der Waals surface area contributed by atoms with Crippen molar-refractivity contribution in [3.8, 4) is 0 Å². The van der Waals surface area contributed by atoms with E-state index in [1.165, 1.54) is 7.11 Å². The van der Waals surface area contributed by atoms with Gasteiger partial charge in [0, 0.05) is 7.11 Å². The van der Waals surface area contributed by atoms with Crippen molar-refractivity contribution in [2.24, 2.45) is 0 Å². The first-order chi connectivity index (χ1) is 6.00. The van der Waals surface area contributed by atoms with Crippen LogP contribution in [0, 0.1) is 0 Å². The fraction of sp³-hybridized carbons (Fsp3) is 0.750. The Morgan fingerprint density at radius 3 is 2.62 bits per heavy atom. The third kappa shape index (κ3) is 1.71. The van der Waals surface area contributed by atoms with Gasteiger partial charge in [-0.2, -0.15) is 0 Å². The summed E-state index contributed by atoms with van der Waals surface area (Å²) in [7, 11) is 1.53. The van der Waals surface area contributed by atoms with Crippen LogP contribution in [0.25, 0.3) is 0 Å². The lowest BCUT2D eigenvalue weighted by Gasteiger charge is -2.36. The highest BCUT2D eigenvalue weighted by Crippen LogP contribution is 2.14. The van der Waals surface area contributed by atoms with Crippen molar-refractivity contribution in [1.82, 2.24) is 10.6 Å². The molecule has 0 radical (unpaired) electrons. The second-order valence-corrected chi connectivity index (χ2v) is 3.31. The number of piperazine rings is 1. The van der Waals surface area contributed by atoms with E-state index in [-0.39, 0.29) is 24.5 Å². The normalized spacial score (nSPS) is 31.3. The van der Waals surface area contributed by atoms with Gasteiger partial charge in [0.2, 0.25) is 11.8 Å². The molecule has 2 unspecified atom stereocenters. The Hall–Kier alpha value is -0.940. The van der Waals surface area contributed by atoms with Crippen molar-refractivity contribution in [2.45, 2.75) is 25.5 Å². The zero-order valence-corrected chi connectivity index (χ0v) is 8.01. The van der Waals surface area contributed by atoms with Gasteiger partial charge in [0.25, 0.3) is 0 Å². The van der Waals surface area contributed by atoms with Crippen LogP contribution >= 0.6 is 0 Å². The molecular formula is C8H14N2O3. The molecule has 0 aliphatic carbocycles. The second kappa shape index (κ2) is 3.43. The molecule has 1 rings (SSSR count). The van der Waals surface area contributed by atoms with Gasteiger partial charge in [-0.05, 0) is 13.8 Å². The number of carbonyl (C=O) groups excluding carboxylic acids is 2. The molecule has 2 N–H and O–H groups in total. The Morgan fingerprint density at radius 1 is 1.54 bits per heavy atom. The van der Waals surface area contributed by atoms with Crippen LogP contribution in [0.1, 0.15) is 13.8 Å². The van der Waals surface area contributed by atoms with E-state index in [0.717, 1.165) is 0 Å². The first-order valence-corrected chi connectivity index (χ1v) is 4.13. The number of nitrogens with one attached hydrogen (secondary N) is 2. The van der Waals surface area contributed by atoms with Crippen molar-refractivity contribution >= 4 is 11.8 Å². The SMILES string of the molecule is COC(C)C1(C)NCC(=O)NC1=O. The maximum atomic E-state index is 11.5. The van der Waals surface area contributed by atoms with Crippen LogP contribution in [-0.2, 0) is 14.3 Å². The predicted molar refractivity (Wildman–Crippen MR) is 46.0 cm³/mol. The quantitative estimate of drug-likeness (QED) is 0.544. The lowest BCUT2D eigenvalue weighted by Crippen LogP contribution is -2.68. The monoisotopic (exact) mass is 186 g/mol. The van der Waals surface area contributed by atoms with Gasteiger partial charge in [-0.15, -0.1) is 0 Å². The van der Waals surface area contributed by atoms with Gasteiger partial charge in [0.1, 0.15) is 5.54 Å². The minimum absolute atomic E-state index is 0.149. The number of imide groups is 1. The first-order valence-electron chi connectivity index (χ1n) is 4.13. The molecule has 2 amide bonds. The average molecular weight is 186 g/mol. The third-order valence-electron chi connectivity index (χ3n) is 2.51. The minimum atomic E-state index is -0.817. The van der Waals surface area contributed by atoms with Crippen molar-refractivity contribution in [1.29, 1.82) is 0 Å². The Balaban J connectivity index is 2.78. The van der Waals surface area contributed by atoms with Gasteiger partial charge in [0.05, 0.1) is 12.6 Å². The van der Waals surface area contributed by atoms with Crippen LogP contribution in [0.15, 0.2) is 0 Å². The molecule has 0 spiro atoms. The van der Waals surface area contributed by atoms with Crippen LogP contribution in [-0.4, -0.2) is 37.1 Å². The zero-order chi connectivity index (χ0) is 10.1. The van der Waals surface area contributed by atoms with E-state index in [1.54, 1.807) is 13.8 Å². The minimum Gasteiger partial charge on any atom is -0.379 e. The van der Waals surface area contributed by atoms with Gasteiger partial charge < -0.3 is 4.74 Å². The molecule has 2 atom stereocenters. The predicted octanol–water partition coefficient (Wildman–Crippen LogP) is -0.974. The van der Waals surface area contributed by atoms with Gasteiger partial charge in [0.15, 0.2) is 0 Å². The Kier molecular flexibility index (Phi) is 2.68. The molecule has 5 heteroatoms. The number of hydrogen-bond acceptors (Lipinski definition) is 4. The molecule has 0 aromatic carbocycles. The molecule has 1 aliphatic rings. The van der Waals surface area contributed by atoms with Crippen LogP contribution in [0.3, 0.4) is 0 Å². The molecule has 0 bridgehead atoms. The van der Waals surface area contributed by atoms with E-state index >= 15 is 0 Å². The summed E-state index contributed by atoms with van der Waals surface area (Å²) in [6, 6.07) is 0. The first kappa shape index (κ1) is 10.1. The zero-order valence-electron chi connectivity index (χ0n) is 8.01. The molecule has 1 saturated heterocycles. The standard InChI is InChI=1S/C8H14N2O3/c1-5(13-3)8(2)7(12)10-6(11)4-9-8/h5,9H,4H2,1-3H3,(H,10,11,12). The van der Waals surface area contributed by atoms with Crippen molar-refractivity contribution in [3.05, 3.63) is 0 Å². The van der Waals surface area contributed by atoms with Gasteiger partial charge in [-0.3, -0.25) is 20.2 Å². The average Bonchev–Trinajstić information content (AvgIpc) is 2.11. The molecule has 1 heterocycles. The Labute approximate surface area is 76.8 Å². The molecule has 74 valence electrons. The summed E-state index contributed by atoms with van der Waals surface area (Å²) >= 11 is 0. The molecule has 5 nitrogen and oxygen atoms in total. The summed E-state index contributed by atoms with van der Waals surface area (Å²) < 4.78 is 5.06. The Morgan fingerprint density at radius 2 is 2.15 bits per heavy atom. The molecule has 0 aromatic heterocycles. The van der Waals surface area contributed by atoms with E-state index in [0.29, 0.717) is 0 Å². The summed E-state index contributed by atoms with van der Waals surface area (Å²) in [5, 5.41) is 5.12. The maximum Gasteiger partial charge on any atom is 0.249 e. The smallest absolute Gasteiger partial charge is 0.249 e. The van der Waals surface area contributed by atoms with Gasteiger partial charge >= 0.3 is 0 Å². The number of rotatable bonds is 2. The van der Waals surface area contributed by atoms with Crippen LogP contribution in [0.2, 0.25) is 0 Å². The van der Waals surface area contributed by atoms with E-state index in [4.69, 9.17) is 4.74 Å². The summed E-state index contributed by atoms with van der Waals surface area (Å²) in [4.78, 5) is 22.3. The topological polar surface area (TPSA) is 67.4 Å². The maximum absolute atomic E-state index is 11.5. The second-order valence-electron chi connectivity index (χ2n) is 3.31. The van der Waals surface area contributed by atoms with E-state index in [2.05, 4.69) is 10.6 Å². The van der Waals surface area contributed by atoms with E-state index in [1.807, 2.05) is 0 Å². The highest BCUT2D eigenvalue weighted by molar-refractivity contribution is 6.03. The van der Waals surface area contributed by atoms with Crippen LogP contribution in [0.4, 0.5) is 0 Å². The van der Waals surface area contributed by atoms with Crippen LogP contribution in [0.5, 0.6) is 0 Å². The number of hydrogen-bond donors (Lipinski definition) is 2. The van der Waals surface area contributed by atoms with Crippen molar-refractivity contribution in [2.75, 3.05) is 13.7 Å². The molecule has 13 heavy (non-hydrogen) atoms. The number of ether oxygens (including phenoxy) is 1. The number of amides is 2. The van der Waals surface area contributed by atoms with Crippen molar-refractivity contribution < 1.29 is 14.3 Å². The van der Waals surface area contributed by atoms with Gasteiger partial charge in [-0.1, -0.05) is 0 Å². The highest BCUT2D eigenvalue weighted by atomic mass is 16.5. The molecule has 1 fully saturated rings. The summed E-state index contributed by atoms with van der Waals surface area (Å²) in [5.74, 6) is -0.635. The third-order valence-corrected chi connectivity index (χ3v) is 2.51. The summed E-state index contributed by atoms with van der Waals surface area (Å²) in [6.45, 7) is 3.64. The summed E-state index contributed by atoms with van der Waals surface area (Å²) in [6.07, 6.45) is -0.277. The number of carbonyl (C=O) groups is 2. The summed E-state index contributed by atoms with van der Waals surface area (Å²) in [5.41, 5.74) is -0.817. The number of methoxy groups -OCH3 is 1. The largest absolute Gasteiger partial charge is 0.379 e. The Bertz CT molecular complexity index is 242. The molecule has 0 aromatic rings. The van der Waals surface area contributed by atoms with E-state index in [9.17, 15) is 9.59 Å². The molecule has 1 aliphatic heterocycles. The van der Waals surface area contributed by atoms with Gasteiger partial charge in [-0.25, -0.2) is 0 Å².